The summed E-state index contributed by atoms with van der Waals surface area (Å²) >= 11 is 0. The summed E-state index contributed by atoms with van der Waals surface area (Å²) in [5, 5.41) is 22.9. The van der Waals surface area contributed by atoms with E-state index in [-0.39, 0.29) is 18.5 Å². The monoisotopic (exact) mass is 860 g/mol. The number of hydrogen-bond donors (Lipinski definition) is 3. The molecule has 2 unspecified atom stereocenters. The van der Waals surface area contributed by atoms with Gasteiger partial charge in [-0.15, -0.1) is 0 Å². The van der Waals surface area contributed by atoms with Crippen molar-refractivity contribution in [2.24, 2.45) is 0 Å². The lowest BCUT2D eigenvalue weighted by Crippen LogP contribution is -2.45. The number of esters is 1. The van der Waals surface area contributed by atoms with Crippen molar-refractivity contribution in [1.82, 2.24) is 5.32 Å². The van der Waals surface area contributed by atoms with E-state index in [2.05, 4.69) is 31.3 Å². The van der Waals surface area contributed by atoms with Gasteiger partial charge < -0.3 is 20.3 Å². The Morgan fingerprint density at radius 2 is 0.770 bits per heavy atom. The smallest absolute Gasteiger partial charge is 0.305 e. The van der Waals surface area contributed by atoms with Crippen LogP contribution in [0.1, 0.15) is 290 Å². The van der Waals surface area contributed by atoms with Crippen molar-refractivity contribution in [2.45, 2.75) is 302 Å². The zero-order valence-electron chi connectivity index (χ0n) is 40.9. The van der Waals surface area contributed by atoms with E-state index in [1.807, 2.05) is 6.08 Å². The van der Waals surface area contributed by atoms with Crippen molar-refractivity contribution < 1.29 is 24.5 Å². The fourth-order valence-corrected chi connectivity index (χ4v) is 8.27. The topological polar surface area (TPSA) is 95.9 Å². The molecule has 360 valence electrons. The lowest BCUT2D eigenvalue weighted by atomic mass is 10.0. The molecule has 0 radical (unpaired) electrons. The second-order valence-corrected chi connectivity index (χ2v) is 18.6. The Morgan fingerprint density at radius 1 is 0.443 bits per heavy atom. The Kier molecular flexibility index (Phi) is 49.6. The van der Waals surface area contributed by atoms with Gasteiger partial charge in [-0.1, -0.05) is 244 Å². The summed E-state index contributed by atoms with van der Waals surface area (Å²) in [5.74, 6) is -0.0761. The number of rotatable bonds is 50. The first kappa shape index (κ1) is 59.3. The molecule has 0 saturated heterocycles. The van der Waals surface area contributed by atoms with Crippen LogP contribution in [0.4, 0.5) is 0 Å². The summed E-state index contributed by atoms with van der Waals surface area (Å²) in [4.78, 5) is 24.4. The Hall–Kier alpha value is -1.66. The molecule has 6 heteroatoms. The quantitative estimate of drug-likeness (QED) is 0.0322. The van der Waals surface area contributed by atoms with E-state index in [1.165, 1.54) is 218 Å². The van der Waals surface area contributed by atoms with E-state index in [4.69, 9.17) is 4.74 Å². The van der Waals surface area contributed by atoms with Gasteiger partial charge in [0, 0.05) is 12.8 Å². The molecule has 0 aliphatic rings. The minimum absolute atomic E-state index is 0.00128. The average Bonchev–Trinajstić information content (AvgIpc) is 3.26. The van der Waals surface area contributed by atoms with Crippen molar-refractivity contribution in [3.05, 3.63) is 24.3 Å². The molecule has 61 heavy (non-hydrogen) atoms. The number of nitrogens with one attached hydrogen (secondary N) is 1. The molecule has 3 N–H and O–H groups in total. The van der Waals surface area contributed by atoms with Gasteiger partial charge in [0.1, 0.15) is 0 Å². The predicted molar refractivity (Wildman–Crippen MR) is 264 cm³/mol. The van der Waals surface area contributed by atoms with Crippen LogP contribution >= 0.6 is 0 Å². The van der Waals surface area contributed by atoms with Crippen molar-refractivity contribution in [2.75, 3.05) is 13.2 Å². The molecule has 1 amide bonds. The number of hydrogen-bond acceptors (Lipinski definition) is 5. The largest absolute Gasteiger partial charge is 0.466 e. The third-order valence-corrected chi connectivity index (χ3v) is 12.5. The zero-order chi connectivity index (χ0) is 44.4. The van der Waals surface area contributed by atoms with E-state index in [1.54, 1.807) is 6.08 Å². The number of carbonyl (C=O) groups excluding carboxylic acids is 2. The first-order chi connectivity index (χ1) is 30.0. The highest BCUT2D eigenvalue weighted by Gasteiger charge is 2.18. The van der Waals surface area contributed by atoms with Crippen LogP contribution in [0.2, 0.25) is 0 Å². The molecule has 0 bridgehead atoms. The number of carbonyl (C=O) groups is 2. The third kappa shape index (κ3) is 47.7. The number of ether oxygens (including phenoxy) is 1. The van der Waals surface area contributed by atoms with Gasteiger partial charge in [0.2, 0.25) is 5.91 Å². The van der Waals surface area contributed by atoms with Gasteiger partial charge >= 0.3 is 5.97 Å². The first-order valence-electron chi connectivity index (χ1n) is 27.1. The highest BCUT2D eigenvalue weighted by Crippen LogP contribution is 2.16. The van der Waals surface area contributed by atoms with Crippen molar-refractivity contribution in [3.63, 3.8) is 0 Å². The Bertz CT molecular complexity index is 951. The molecule has 0 rings (SSSR count). The van der Waals surface area contributed by atoms with Crippen LogP contribution in [-0.4, -0.2) is 47.4 Å². The van der Waals surface area contributed by atoms with Crippen molar-refractivity contribution >= 4 is 11.9 Å². The van der Waals surface area contributed by atoms with Crippen LogP contribution in [0.3, 0.4) is 0 Å². The molecular weight excluding hydrogens is 755 g/mol. The average molecular weight is 860 g/mol. The summed E-state index contributed by atoms with van der Waals surface area (Å²) in [6, 6.07) is -0.630. The third-order valence-electron chi connectivity index (χ3n) is 12.5. The van der Waals surface area contributed by atoms with Crippen molar-refractivity contribution in [3.8, 4) is 0 Å². The van der Waals surface area contributed by atoms with Crippen LogP contribution in [0.25, 0.3) is 0 Å². The van der Waals surface area contributed by atoms with Crippen LogP contribution in [-0.2, 0) is 14.3 Å². The van der Waals surface area contributed by atoms with E-state index < -0.39 is 12.1 Å². The standard InChI is InChI=1S/C55H105NO5/c1-3-5-7-9-11-13-14-15-16-17-18-19-23-26-29-33-37-41-45-49-55(60)61-50-46-42-38-34-30-27-24-21-20-22-25-28-32-36-40-44-48-54(59)56-52(51-57)53(58)47-43-39-35-31-12-10-8-6-4-2/h15-16,43,47,52-53,57-58H,3-14,17-42,44-46,48-51H2,1-2H3,(H,56,59)/b16-15-,47-43+. The number of aliphatic hydroxyl groups is 2. The molecule has 0 spiro atoms. The van der Waals surface area contributed by atoms with Crippen LogP contribution in [0.15, 0.2) is 24.3 Å². The second kappa shape index (κ2) is 51.0. The molecule has 2 atom stereocenters. The fraction of sp³-hybridized carbons (Fsp3) is 0.891. The molecule has 0 aromatic heterocycles. The minimum atomic E-state index is -0.846. The van der Waals surface area contributed by atoms with E-state index >= 15 is 0 Å². The Balaban J connectivity index is 3.39. The first-order valence-corrected chi connectivity index (χ1v) is 27.1. The SMILES string of the molecule is CCCCCCCC/C=C\CCCCCCCCCCCC(=O)OCCCCCCCCCCCCCCCCCCC(=O)NC(CO)C(O)/C=C/CCCCCCCCC. The van der Waals surface area contributed by atoms with Gasteiger partial charge in [-0.25, -0.2) is 0 Å². The second-order valence-electron chi connectivity index (χ2n) is 18.6. The molecule has 0 fully saturated rings. The highest BCUT2D eigenvalue weighted by atomic mass is 16.5. The maximum atomic E-state index is 12.4. The summed E-state index contributed by atoms with van der Waals surface area (Å²) in [6.07, 6.45) is 60.5. The summed E-state index contributed by atoms with van der Waals surface area (Å²) < 4.78 is 5.48. The molecule has 6 nitrogen and oxygen atoms in total. The lowest BCUT2D eigenvalue weighted by molar-refractivity contribution is -0.143. The number of amides is 1. The Labute approximate surface area is 380 Å². The van der Waals surface area contributed by atoms with E-state index in [0.717, 1.165) is 44.9 Å². The maximum absolute atomic E-state index is 12.4. The van der Waals surface area contributed by atoms with Crippen LogP contribution in [0, 0.1) is 0 Å². The van der Waals surface area contributed by atoms with Crippen molar-refractivity contribution in [1.29, 1.82) is 0 Å². The zero-order valence-corrected chi connectivity index (χ0v) is 40.9. The van der Waals surface area contributed by atoms with Gasteiger partial charge in [-0.2, -0.15) is 0 Å². The lowest BCUT2D eigenvalue weighted by Gasteiger charge is -2.20. The van der Waals surface area contributed by atoms with Gasteiger partial charge in [-0.3, -0.25) is 9.59 Å². The summed E-state index contributed by atoms with van der Waals surface area (Å²) in [7, 11) is 0. The van der Waals surface area contributed by atoms with Crippen LogP contribution < -0.4 is 5.32 Å². The molecule has 0 aromatic rings. The molecule has 0 heterocycles. The van der Waals surface area contributed by atoms with Crippen LogP contribution in [0.5, 0.6) is 0 Å². The molecule has 0 aromatic carbocycles. The molecule has 0 aliphatic heterocycles. The molecular formula is C55H105NO5. The minimum Gasteiger partial charge on any atom is -0.466 e. The number of aliphatic hydroxyl groups excluding tert-OH is 2. The van der Waals surface area contributed by atoms with E-state index in [0.29, 0.717) is 19.4 Å². The fourth-order valence-electron chi connectivity index (χ4n) is 8.27. The number of unbranched alkanes of at least 4 members (excludes halogenated alkanes) is 37. The van der Waals surface area contributed by atoms with Gasteiger partial charge in [0.25, 0.3) is 0 Å². The summed E-state index contributed by atoms with van der Waals surface area (Å²) in [5.41, 5.74) is 0. The normalized spacial score (nSPS) is 12.8. The predicted octanol–water partition coefficient (Wildman–Crippen LogP) is 16.3. The van der Waals surface area contributed by atoms with Gasteiger partial charge in [0.05, 0.1) is 25.4 Å². The molecule has 0 saturated carbocycles. The van der Waals surface area contributed by atoms with Gasteiger partial charge in [-0.05, 0) is 57.8 Å². The highest BCUT2D eigenvalue weighted by molar-refractivity contribution is 5.76. The number of allylic oxidation sites excluding steroid dienone is 3. The summed E-state index contributed by atoms with van der Waals surface area (Å²) in [6.45, 7) is 4.86. The van der Waals surface area contributed by atoms with E-state index in [9.17, 15) is 19.8 Å². The maximum Gasteiger partial charge on any atom is 0.305 e. The Morgan fingerprint density at radius 3 is 1.16 bits per heavy atom. The molecule has 0 aliphatic carbocycles. The van der Waals surface area contributed by atoms with Gasteiger partial charge in [0.15, 0.2) is 0 Å².